The van der Waals surface area contributed by atoms with Gasteiger partial charge in [-0.05, 0) is 38.4 Å². The predicted octanol–water partition coefficient (Wildman–Crippen LogP) is 1.72. The molecular weight excluding hydrogens is 238 g/mol. The van der Waals surface area contributed by atoms with E-state index in [-0.39, 0.29) is 5.54 Å². The lowest BCUT2D eigenvalue weighted by molar-refractivity contribution is 0.0371. The molecule has 106 valence electrons. The Morgan fingerprint density at radius 1 is 1.37 bits per heavy atom. The van der Waals surface area contributed by atoms with Crippen molar-refractivity contribution in [2.45, 2.75) is 38.8 Å². The summed E-state index contributed by atoms with van der Waals surface area (Å²) < 4.78 is 5.40. The summed E-state index contributed by atoms with van der Waals surface area (Å²) in [6.07, 6.45) is 1.90. The fraction of sp³-hybridized carbons (Fsp3) is 0.667. The van der Waals surface area contributed by atoms with Crippen LogP contribution in [0.5, 0.6) is 0 Å². The highest BCUT2D eigenvalue weighted by Gasteiger charge is 2.29. The van der Waals surface area contributed by atoms with E-state index in [2.05, 4.69) is 28.9 Å². The Labute approximate surface area is 116 Å². The van der Waals surface area contributed by atoms with E-state index in [4.69, 9.17) is 10.5 Å². The van der Waals surface area contributed by atoms with Crippen LogP contribution in [0.1, 0.15) is 31.2 Å². The van der Waals surface area contributed by atoms with Crippen LogP contribution in [0.15, 0.2) is 18.2 Å². The van der Waals surface area contributed by atoms with Gasteiger partial charge in [-0.2, -0.15) is 0 Å². The number of pyridine rings is 1. The third kappa shape index (κ3) is 4.27. The van der Waals surface area contributed by atoms with Gasteiger partial charge in [-0.3, -0.25) is 9.88 Å². The fourth-order valence-corrected chi connectivity index (χ4v) is 2.58. The zero-order chi connectivity index (χ0) is 13.7. The van der Waals surface area contributed by atoms with Crippen LogP contribution >= 0.6 is 0 Å². The standard InChI is InChI=1S/C15H25N3O/c1-3-18(11-14-6-4-5-13(2)17-14)12-15(16)7-9-19-10-8-15/h4-6H,3,7-12,16H2,1-2H3. The van der Waals surface area contributed by atoms with E-state index in [0.717, 1.165) is 57.1 Å². The smallest absolute Gasteiger partial charge is 0.0547 e. The van der Waals surface area contributed by atoms with E-state index in [1.165, 1.54) is 0 Å². The third-order valence-corrected chi connectivity index (χ3v) is 3.81. The highest BCUT2D eigenvalue weighted by atomic mass is 16.5. The van der Waals surface area contributed by atoms with E-state index >= 15 is 0 Å². The Bertz CT molecular complexity index is 402. The van der Waals surface area contributed by atoms with E-state index in [1.807, 2.05) is 13.0 Å². The molecule has 0 atom stereocenters. The van der Waals surface area contributed by atoms with E-state index in [0.29, 0.717) is 0 Å². The molecule has 1 aromatic rings. The van der Waals surface area contributed by atoms with Crippen LogP contribution < -0.4 is 5.73 Å². The summed E-state index contributed by atoms with van der Waals surface area (Å²) in [4.78, 5) is 6.95. The topological polar surface area (TPSA) is 51.4 Å². The number of rotatable bonds is 5. The molecule has 0 aliphatic carbocycles. The van der Waals surface area contributed by atoms with Crippen molar-refractivity contribution in [2.75, 3.05) is 26.3 Å². The largest absolute Gasteiger partial charge is 0.381 e. The van der Waals surface area contributed by atoms with Crippen LogP contribution in [0, 0.1) is 6.92 Å². The zero-order valence-electron chi connectivity index (χ0n) is 12.1. The van der Waals surface area contributed by atoms with Crippen molar-refractivity contribution in [3.63, 3.8) is 0 Å². The average Bonchev–Trinajstić information content (AvgIpc) is 2.38. The molecule has 0 saturated carbocycles. The van der Waals surface area contributed by atoms with Gasteiger partial charge >= 0.3 is 0 Å². The Morgan fingerprint density at radius 2 is 2.11 bits per heavy atom. The quantitative estimate of drug-likeness (QED) is 0.879. The van der Waals surface area contributed by atoms with Gasteiger partial charge in [0.2, 0.25) is 0 Å². The van der Waals surface area contributed by atoms with Crippen molar-refractivity contribution in [3.8, 4) is 0 Å². The van der Waals surface area contributed by atoms with Gasteiger partial charge in [0.1, 0.15) is 0 Å². The molecule has 0 aromatic carbocycles. The van der Waals surface area contributed by atoms with Crippen LogP contribution in [0.4, 0.5) is 0 Å². The third-order valence-electron chi connectivity index (χ3n) is 3.81. The summed E-state index contributed by atoms with van der Waals surface area (Å²) in [7, 11) is 0. The summed E-state index contributed by atoms with van der Waals surface area (Å²) in [6.45, 7) is 8.57. The lowest BCUT2D eigenvalue weighted by Crippen LogP contribution is -2.53. The summed E-state index contributed by atoms with van der Waals surface area (Å²) >= 11 is 0. The summed E-state index contributed by atoms with van der Waals surface area (Å²) in [6, 6.07) is 6.18. The number of nitrogens with two attached hydrogens (primary N) is 1. The first-order chi connectivity index (χ1) is 9.11. The Morgan fingerprint density at radius 3 is 2.74 bits per heavy atom. The number of likely N-dealkylation sites (N-methyl/N-ethyl adjacent to an activating group) is 1. The Kier molecular flexibility index (Phi) is 4.91. The number of ether oxygens (including phenoxy) is 1. The van der Waals surface area contributed by atoms with E-state index < -0.39 is 0 Å². The van der Waals surface area contributed by atoms with Crippen molar-refractivity contribution >= 4 is 0 Å². The molecule has 1 aliphatic rings. The second-order valence-electron chi connectivity index (χ2n) is 5.55. The number of hydrogen-bond donors (Lipinski definition) is 1. The summed E-state index contributed by atoms with van der Waals surface area (Å²) in [5.74, 6) is 0. The van der Waals surface area contributed by atoms with Gasteiger partial charge < -0.3 is 10.5 Å². The minimum Gasteiger partial charge on any atom is -0.381 e. The monoisotopic (exact) mass is 263 g/mol. The highest BCUT2D eigenvalue weighted by Crippen LogP contribution is 2.19. The van der Waals surface area contributed by atoms with Crippen molar-refractivity contribution in [1.82, 2.24) is 9.88 Å². The van der Waals surface area contributed by atoms with Crippen LogP contribution in [0.3, 0.4) is 0 Å². The molecule has 2 N–H and O–H groups in total. The van der Waals surface area contributed by atoms with E-state index in [1.54, 1.807) is 0 Å². The molecule has 0 bridgehead atoms. The molecule has 0 radical (unpaired) electrons. The first-order valence-electron chi connectivity index (χ1n) is 7.13. The normalized spacial score (nSPS) is 18.7. The SMILES string of the molecule is CCN(Cc1cccc(C)n1)CC1(N)CCOCC1. The molecule has 4 nitrogen and oxygen atoms in total. The Hall–Kier alpha value is -0.970. The molecule has 0 spiro atoms. The number of aryl methyl sites for hydroxylation is 1. The highest BCUT2D eigenvalue weighted by molar-refractivity contribution is 5.10. The molecule has 2 heterocycles. The van der Waals surface area contributed by atoms with Crippen molar-refractivity contribution in [2.24, 2.45) is 5.73 Å². The summed E-state index contributed by atoms with van der Waals surface area (Å²) in [5.41, 5.74) is 8.57. The zero-order valence-corrected chi connectivity index (χ0v) is 12.1. The second kappa shape index (κ2) is 6.46. The molecular formula is C15H25N3O. The molecule has 0 unspecified atom stereocenters. The van der Waals surface area contributed by atoms with E-state index in [9.17, 15) is 0 Å². The maximum absolute atomic E-state index is 6.48. The van der Waals surface area contributed by atoms with Crippen molar-refractivity contribution in [3.05, 3.63) is 29.6 Å². The first kappa shape index (κ1) is 14.4. The molecule has 19 heavy (non-hydrogen) atoms. The minimum atomic E-state index is -0.0991. The Balaban J connectivity index is 1.96. The lowest BCUT2D eigenvalue weighted by Gasteiger charge is -2.37. The van der Waals surface area contributed by atoms with Gasteiger partial charge in [-0.15, -0.1) is 0 Å². The van der Waals surface area contributed by atoms with Crippen molar-refractivity contribution in [1.29, 1.82) is 0 Å². The maximum atomic E-state index is 6.48. The lowest BCUT2D eigenvalue weighted by atomic mass is 9.90. The van der Waals surface area contributed by atoms with Crippen LogP contribution in [0.25, 0.3) is 0 Å². The minimum absolute atomic E-state index is 0.0991. The van der Waals surface area contributed by atoms with Gasteiger partial charge in [0.05, 0.1) is 5.69 Å². The van der Waals surface area contributed by atoms with Crippen LogP contribution in [0.2, 0.25) is 0 Å². The number of hydrogen-bond acceptors (Lipinski definition) is 4. The molecule has 1 fully saturated rings. The first-order valence-corrected chi connectivity index (χ1v) is 7.13. The molecule has 1 aliphatic heterocycles. The number of aromatic nitrogens is 1. The predicted molar refractivity (Wildman–Crippen MR) is 76.9 cm³/mol. The van der Waals surface area contributed by atoms with Gasteiger partial charge in [-0.1, -0.05) is 13.0 Å². The molecule has 1 saturated heterocycles. The number of nitrogens with zero attached hydrogens (tertiary/aromatic N) is 2. The fourth-order valence-electron chi connectivity index (χ4n) is 2.58. The molecule has 4 heteroatoms. The average molecular weight is 263 g/mol. The maximum Gasteiger partial charge on any atom is 0.0547 e. The second-order valence-corrected chi connectivity index (χ2v) is 5.55. The van der Waals surface area contributed by atoms with Gasteiger partial charge in [0, 0.05) is 37.5 Å². The van der Waals surface area contributed by atoms with Gasteiger partial charge in [0.15, 0.2) is 0 Å². The van der Waals surface area contributed by atoms with Gasteiger partial charge in [0.25, 0.3) is 0 Å². The summed E-state index contributed by atoms with van der Waals surface area (Å²) in [5, 5.41) is 0. The van der Waals surface area contributed by atoms with Crippen molar-refractivity contribution < 1.29 is 4.74 Å². The molecule has 2 rings (SSSR count). The van der Waals surface area contributed by atoms with Crippen LogP contribution in [-0.4, -0.2) is 41.7 Å². The van der Waals surface area contributed by atoms with Gasteiger partial charge in [-0.25, -0.2) is 0 Å². The molecule has 1 aromatic heterocycles. The molecule has 0 amide bonds. The van der Waals surface area contributed by atoms with Crippen LogP contribution in [-0.2, 0) is 11.3 Å².